The molecule has 0 spiro atoms. The predicted molar refractivity (Wildman–Crippen MR) is 111 cm³/mol. The van der Waals surface area contributed by atoms with Crippen molar-refractivity contribution >= 4 is 5.97 Å². The number of piperidine rings is 1. The van der Waals surface area contributed by atoms with Gasteiger partial charge < -0.3 is 10.2 Å². The minimum absolute atomic E-state index is 0.0456. The molecule has 1 aliphatic rings. The Labute approximate surface area is 188 Å². The highest BCUT2D eigenvalue weighted by Crippen LogP contribution is 2.21. The number of rotatable bonds is 6. The molecule has 3 aromatic rings. The van der Waals surface area contributed by atoms with Crippen molar-refractivity contribution in [2.75, 3.05) is 13.1 Å². The molecule has 1 fully saturated rings. The summed E-state index contributed by atoms with van der Waals surface area (Å²) in [6, 6.07) is 10.5. The van der Waals surface area contributed by atoms with Gasteiger partial charge in [0.05, 0.1) is 18.5 Å². The van der Waals surface area contributed by atoms with Crippen LogP contribution in [0.2, 0.25) is 0 Å². The summed E-state index contributed by atoms with van der Waals surface area (Å²) in [5.41, 5.74) is 3.06. The van der Waals surface area contributed by atoms with Crippen molar-refractivity contribution in [1.29, 1.82) is 0 Å². The number of aliphatic hydroxyl groups excluding tert-OH is 1. The number of alkyl halides is 3. The first-order chi connectivity index (χ1) is 15.7. The normalized spacial score (nSPS) is 15.2. The number of hydrogen-bond acceptors (Lipinski definition) is 6. The van der Waals surface area contributed by atoms with E-state index in [0.717, 1.165) is 44.7 Å². The van der Waals surface area contributed by atoms with Gasteiger partial charge in [0.2, 0.25) is 0 Å². The van der Waals surface area contributed by atoms with Crippen molar-refractivity contribution in [3.8, 4) is 5.69 Å². The maximum atomic E-state index is 10.6. The molecule has 178 valence electrons. The van der Waals surface area contributed by atoms with Crippen LogP contribution in [0.15, 0.2) is 48.9 Å². The van der Waals surface area contributed by atoms with Gasteiger partial charge in [0, 0.05) is 25.5 Å². The second kappa shape index (κ2) is 11.1. The van der Waals surface area contributed by atoms with E-state index in [1.54, 1.807) is 6.20 Å². The minimum atomic E-state index is -5.08. The van der Waals surface area contributed by atoms with Crippen LogP contribution >= 0.6 is 0 Å². The number of aliphatic carboxylic acids is 1. The molecule has 0 atom stereocenters. The fourth-order valence-electron chi connectivity index (χ4n) is 3.57. The number of carboxylic acid groups (broad SMARTS) is 1. The SMILES string of the molecule is O=C(O)C(F)(F)F.OCc1cn(CC2CCN(Cc3cccc(-n4cccn4)c3)CC2)nn1. The van der Waals surface area contributed by atoms with E-state index in [4.69, 9.17) is 15.0 Å². The molecule has 4 rings (SSSR count). The van der Waals surface area contributed by atoms with Crippen LogP contribution in [0.1, 0.15) is 24.1 Å². The molecule has 1 saturated heterocycles. The maximum Gasteiger partial charge on any atom is 0.490 e. The molecule has 0 unspecified atom stereocenters. The largest absolute Gasteiger partial charge is 0.490 e. The first-order valence-corrected chi connectivity index (χ1v) is 10.4. The van der Waals surface area contributed by atoms with Gasteiger partial charge in [0.15, 0.2) is 0 Å². The van der Waals surface area contributed by atoms with E-state index in [-0.39, 0.29) is 6.61 Å². The maximum absolute atomic E-state index is 10.6. The zero-order valence-electron chi connectivity index (χ0n) is 17.8. The number of aliphatic hydroxyl groups is 1. The van der Waals surface area contributed by atoms with Crippen LogP contribution in [0.5, 0.6) is 0 Å². The number of nitrogens with zero attached hydrogens (tertiary/aromatic N) is 6. The Kier molecular flexibility index (Phi) is 8.17. The summed E-state index contributed by atoms with van der Waals surface area (Å²) in [7, 11) is 0. The fraction of sp³-hybridized carbons (Fsp3) is 0.429. The Balaban J connectivity index is 0.000000383. The van der Waals surface area contributed by atoms with Crippen LogP contribution in [-0.4, -0.2) is 65.1 Å². The monoisotopic (exact) mass is 466 g/mol. The summed E-state index contributed by atoms with van der Waals surface area (Å²) >= 11 is 0. The molecule has 0 amide bonds. The van der Waals surface area contributed by atoms with E-state index in [1.165, 1.54) is 5.56 Å². The van der Waals surface area contributed by atoms with E-state index < -0.39 is 12.1 Å². The van der Waals surface area contributed by atoms with Crippen LogP contribution in [0.25, 0.3) is 5.69 Å². The van der Waals surface area contributed by atoms with Crippen LogP contribution in [0.3, 0.4) is 0 Å². The minimum Gasteiger partial charge on any atom is -0.475 e. The fourth-order valence-corrected chi connectivity index (χ4v) is 3.57. The summed E-state index contributed by atoms with van der Waals surface area (Å²) < 4.78 is 35.5. The van der Waals surface area contributed by atoms with Crippen molar-refractivity contribution in [3.63, 3.8) is 0 Å². The van der Waals surface area contributed by atoms with Gasteiger partial charge in [-0.1, -0.05) is 17.3 Å². The van der Waals surface area contributed by atoms with Crippen molar-refractivity contribution < 1.29 is 28.2 Å². The number of benzene rings is 1. The third-order valence-electron chi connectivity index (χ3n) is 5.23. The van der Waals surface area contributed by atoms with Gasteiger partial charge in [0.25, 0.3) is 0 Å². The zero-order chi connectivity index (χ0) is 23.8. The highest BCUT2D eigenvalue weighted by atomic mass is 19.4. The Morgan fingerprint density at radius 2 is 1.91 bits per heavy atom. The molecule has 12 heteroatoms. The molecule has 9 nitrogen and oxygen atoms in total. The van der Waals surface area contributed by atoms with Crippen molar-refractivity contribution in [2.45, 2.75) is 38.7 Å². The van der Waals surface area contributed by atoms with Gasteiger partial charge >= 0.3 is 12.1 Å². The van der Waals surface area contributed by atoms with Crippen molar-refractivity contribution in [2.24, 2.45) is 5.92 Å². The quantitative estimate of drug-likeness (QED) is 0.575. The summed E-state index contributed by atoms with van der Waals surface area (Å²) in [6.45, 7) is 4.00. The molecule has 1 aliphatic heterocycles. The first kappa shape index (κ1) is 24.4. The molecular weight excluding hydrogens is 441 g/mol. The Morgan fingerprint density at radius 3 is 2.48 bits per heavy atom. The number of aromatic nitrogens is 5. The first-order valence-electron chi connectivity index (χ1n) is 10.4. The Morgan fingerprint density at radius 1 is 1.18 bits per heavy atom. The van der Waals surface area contributed by atoms with E-state index in [0.29, 0.717) is 11.6 Å². The number of carbonyl (C=O) groups is 1. The molecule has 3 heterocycles. The van der Waals surface area contributed by atoms with Gasteiger partial charge in [-0.15, -0.1) is 5.10 Å². The lowest BCUT2D eigenvalue weighted by molar-refractivity contribution is -0.192. The molecule has 2 aromatic heterocycles. The number of halogens is 3. The molecule has 2 N–H and O–H groups in total. The molecule has 0 radical (unpaired) electrons. The van der Waals surface area contributed by atoms with Crippen molar-refractivity contribution in [3.05, 3.63) is 60.2 Å². The van der Waals surface area contributed by atoms with Crippen LogP contribution in [0.4, 0.5) is 13.2 Å². The van der Waals surface area contributed by atoms with Crippen LogP contribution < -0.4 is 0 Å². The van der Waals surface area contributed by atoms with E-state index in [9.17, 15) is 13.2 Å². The number of likely N-dealkylation sites (tertiary alicyclic amines) is 1. The molecule has 33 heavy (non-hydrogen) atoms. The number of hydrogen-bond donors (Lipinski definition) is 2. The second-order valence-corrected chi connectivity index (χ2v) is 7.73. The van der Waals surface area contributed by atoms with Crippen LogP contribution in [0, 0.1) is 5.92 Å². The number of carboxylic acids is 1. The van der Waals surface area contributed by atoms with Gasteiger partial charge in [-0.05, 0) is 55.6 Å². The summed E-state index contributed by atoms with van der Waals surface area (Å²) in [6.07, 6.45) is 2.85. The lowest BCUT2D eigenvalue weighted by Crippen LogP contribution is -2.34. The van der Waals surface area contributed by atoms with E-state index in [1.807, 2.05) is 27.8 Å². The average Bonchev–Trinajstić information content (AvgIpc) is 3.47. The lowest BCUT2D eigenvalue weighted by atomic mass is 9.96. The summed E-state index contributed by atoms with van der Waals surface area (Å²) in [5, 5.41) is 28.5. The highest BCUT2D eigenvalue weighted by molar-refractivity contribution is 5.73. The molecule has 1 aromatic carbocycles. The standard InChI is InChI=1S/C19H24N6O.C2HF3O2/c26-15-18-14-24(22-21-18)13-16-5-9-23(10-6-16)12-17-3-1-4-19(11-17)25-8-2-7-20-25;3-2(4,5)1(6)7/h1-4,7-8,11,14,16,26H,5-6,9-10,12-13,15H2;(H,6,7). The smallest absolute Gasteiger partial charge is 0.475 e. The predicted octanol–water partition coefficient (Wildman–Crippen LogP) is 2.50. The zero-order valence-corrected chi connectivity index (χ0v) is 17.8. The lowest BCUT2D eigenvalue weighted by Gasteiger charge is -2.31. The molecule has 0 saturated carbocycles. The third kappa shape index (κ3) is 7.39. The summed E-state index contributed by atoms with van der Waals surface area (Å²) in [5.74, 6) is -2.14. The van der Waals surface area contributed by atoms with E-state index in [2.05, 4.69) is 44.6 Å². The topological polar surface area (TPSA) is 109 Å². The highest BCUT2D eigenvalue weighted by Gasteiger charge is 2.38. The molecule has 0 bridgehead atoms. The molecular formula is C21H25F3N6O3. The Hall–Kier alpha value is -3.25. The Bertz CT molecular complexity index is 1010. The van der Waals surface area contributed by atoms with Crippen molar-refractivity contribution in [1.82, 2.24) is 29.7 Å². The second-order valence-electron chi connectivity index (χ2n) is 7.73. The van der Waals surface area contributed by atoms with Gasteiger partial charge in [-0.25, -0.2) is 9.48 Å². The molecule has 0 aliphatic carbocycles. The van der Waals surface area contributed by atoms with Gasteiger partial charge in [-0.2, -0.15) is 18.3 Å². The van der Waals surface area contributed by atoms with E-state index >= 15 is 0 Å². The average molecular weight is 466 g/mol. The third-order valence-corrected chi connectivity index (χ3v) is 5.23. The van der Waals surface area contributed by atoms with Gasteiger partial charge in [-0.3, -0.25) is 9.58 Å². The van der Waals surface area contributed by atoms with Gasteiger partial charge in [0.1, 0.15) is 5.69 Å². The summed E-state index contributed by atoms with van der Waals surface area (Å²) in [4.78, 5) is 11.4. The van der Waals surface area contributed by atoms with Crippen LogP contribution in [-0.2, 0) is 24.5 Å².